The van der Waals surface area contributed by atoms with E-state index in [1.54, 1.807) is 6.07 Å². The molecule has 5 nitrogen and oxygen atoms in total. The summed E-state index contributed by atoms with van der Waals surface area (Å²) in [5, 5.41) is 9.64. The zero-order valence-electron chi connectivity index (χ0n) is 17.2. The number of carboxylic acids is 1. The topological polar surface area (TPSA) is 54.2 Å². The third-order valence-electron chi connectivity index (χ3n) is 5.24. The molecule has 1 atom stereocenters. The molecule has 1 fully saturated rings. The van der Waals surface area contributed by atoms with Crippen LogP contribution in [0.3, 0.4) is 0 Å². The van der Waals surface area contributed by atoms with Crippen LogP contribution in [-0.4, -0.2) is 46.7 Å². The fourth-order valence-corrected chi connectivity index (χ4v) is 3.65. The van der Waals surface area contributed by atoms with Crippen molar-refractivity contribution in [3.8, 4) is 0 Å². The Hall–Kier alpha value is -2.11. The Kier molecular flexibility index (Phi) is 7.22. The standard InChI is InChI=1S/C20H26N2O3.C2H6/c1-5-13(2)16-10-17-11-18(20(23)24)14(3)19(22(17)12-16)15(4)21-6-8-25-9-7-21;1-2/h10-12,15H,2,5-9H2,1,3-4H3,(H,23,24);1-2H3. The molecule has 0 saturated carbocycles. The van der Waals surface area contributed by atoms with Crippen LogP contribution in [0, 0.1) is 6.92 Å². The van der Waals surface area contributed by atoms with Crippen molar-refractivity contribution in [2.75, 3.05) is 26.3 Å². The zero-order chi connectivity index (χ0) is 20.1. The molecule has 5 heteroatoms. The van der Waals surface area contributed by atoms with Crippen LogP contribution in [-0.2, 0) is 4.74 Å². The van der Waals surface area contributed by atoms with Gasteiger partial charge in [0.15, 0.2) is 0 Å². The summed E-state index contributed by atoms with van der Waals surface area (Å²) in [4.78, 5) is 14.1. The summed E-state index contributed by atoms with van der Waals surface area (Å²) in [5.41, 5.74) is 5.26. The average molecular weight is 373 g/mol. The van der Waals surface area contributed by atoms with Crippen molar-refractivity contribution in [2.45, 2.75) is 47.1 Å². The highest BCUT2D eigenvalue weighted by atomic mass is 16.5. The number of pyridine rings is 1. The predicted octanol–water partition coefficient (Wildman–Crippen LogP) is 4.79. The largest absolute Gasteiger partial charge is 0.478 e. The number of carbonyl (C=O) groups is 1. The van der Waals surface area contributed by atoms with Crippen molar-refractivity contribution in [3.63, 3.8) is 0 Å². The lowest BCUT2D eigenvalue weighted by Gasteiger charge is -2.34. The van der Waals surface area contributed by atoms with E-state index in [0.717, 1.165) is 47.4 Å². The first-order chi connectivity index (χ1) is 12.9. The van der Waals surface area contributed by atoms with Gasteiger partial charge >= 0.3 is 5.97 Å². The van der Waals surface area contributed by atoms with Crippen molar-refractivity contribution < 1.29 is 14.6 Å². The smallest absolute Gasteiger partial charge is 0.336 e. The van der Waals surface area contributed by atoms with Gasteiger partial charge < -0.3 is 14.2 Å². The van der Waals surface area contributed by atoms with Gasteiger partial charge in [0.05, 0.1) is 18.8 Å². The highest BCUT2D eigenvalue weighted by Crippen LogP contribution is 2.31. The highest BCUT2D eigenvalue weighted by Gasteiger charge is 2.25. The van der Waals surface area contributed by atoms with E-state index in [0.29, 0.717) is 18.8 Å². The van der Waals surface area contributed by atoms with Crippen LogP contribution in [0.2, 0.25) is 0 Å². The maximum Gasteiger partial charge on any atom is 0.336 e. The van der Waals surface area contributed by atoms with Gasteiger partial charge in [0.1, 0.15) is 0 Å². The maximum atomic E-state index is 11.8. The second kappa shape index (κ2) is 9.20. The van der Waals surface area contributed by atoms with Crippen LogP contribution in [0.4, 0.5) is 0 Å². The van der Waals surface area contributed by atoms with Crippen molar-refractivity contribution in [1.82, 2.24) is 9.30 Å². The molecule has 1 N–H and O–H groups in total. The van der Waals surface area contributed by atoms with Gasteiger partial charge in [-0.25, -0.2) is 4.79 Å². The number of nitrogens with zero attached hydrogens (tertiary/aromatic N) is 2. The molecule has 3 heterocycles. The summed E-state index contributed by atoms with van der Waals surface area (Å²) < 4.78 is 7.60. The molecule has 2 aromatic rings. The van der Waals surface area contributed by atoms with Gasteiger partial charge in [0.25, 0.3) is 0 Å². The molecule has 0 aromatic carbocycles. The maximum absolute atomic E-state index is 11.8. The summed E-state index contributed by atoms with van der Waals surface area (Å²) in [6.45, 7) is 17.4. The SMILES string of the molecule is C=C(CC)c1cc2cc(C(=O)O)c(C)c(C(C)N3CCOCC3)n2c1.CC. The number of aromatic carboxylic acids is 1. The van der Waals surface area contributed by atoms with Crippen molar-refractivity contribution >= 4 is 17.1 Å². The Labute approximate surface area is 162 Å². The molecule has 2 aromatic heterocycles. The van der Waals surface area contributed by atoms with Gasteiger partial charge in [-0.2, -0.15) is 0 Å². The van der Waals surface area contributed by atoms with Gasteiger partial charge in [-0.15, -0.1) is 0 Å². The lowest BCUT2D eigenvalue weighted by Crippen LogP contribution is -2.39. The lowest BCUT2D eigenvalue weighted by molar-refractivity contribution is 0.0187. The number of ether oxygens (including phenoxy) is 1. The second-order valence-electron chi connectivity index (χ2n) is 6.68. The molecular formula is C22H32N2O3. The minimum atomic E-state index is -0.882. The Morgan fingerprint density at radius 1 is 1.30 bits per heavy atom. The first kappa shape index (κ1) is 21.2. The molecular weight excluding hydrogens is 340 g/mol. The normalized spacial score (nSPS) is 15.9. The zero-order valence-corrected chi connectivity index (χ0v) is 17.2. The number of hydrogen-bond donors (Lipinski definition) is 1. The van der Waals surface area contributed by atoms with E-state index in [2.05, 4.69) is 35.9 Å². The number of rotatable bonds is 5. The molecule has 27 heavy (non-hydrogen) atoms. The van der Waals surface area contributed by atoms with Crippen molar-refractivity contribution in [2.24, 2.45) is 0 Å². The van der Waals surface area contributed by atoms with Gasteiger partial charge in [0.2, 0.25) is 0 Å². The molecule has 0 bridgehead atoms. The summed E-state index contributed by atoms with van der Waals surface area (Å²) in [6, 6.07) is 3.91. The fraction of sp³-hybridized carbons (Fsp3) is 0.500. The van der Waals surface area contributed by atoms with Crippen LogP contribution in [0.15, 0.2) is 24.9 Å². The van der Waals surface area contributed by atoms with E-state index in [9.17, 15) is 9.90 Å². The van der Waals surface area contributed by atoms with Gasteiger partial charge in [-0.3, -0.25) is 4.90 Å². The minimum absolute atomic E-state index is 0.112. The molecule has 148 valence electrons. The van der Waals surface area contributed by atoms with Gasteiger partial charge in [-0.1, -0.05) is 27.4 Å². The van der Waals surface area contributed by atoms with Crippen molar-refractivity contribution in [1.29, 1.82) is 0 Å². The van der Waals surface area contributed by atoms with E-state index in [-0.39, 0.29) is 6.04 Å². The molecule has 0 aliphatic carbocycles. The number of carboxylic acid groups (broad SMARTS) is 1. The van der Waals surface area contributed by atoms with Crippen LogP contribution >= 0.6 is 0 Å². The van der Waals surface area contributed by atoms with Crippen LogP contribution in [0.25, 0.3) is 11.1 Å². The van der Waals surface area contributed by atoms with E-state index < -0.39 is 5.97 Å². The summed E-state index contributed by atoms with van der Waals surface area (Å²) in [6.07, 6.45) is 2.96. The Bertz CT molecular complexity index is 817. The first-order valence-corrected chi connectivity index (χ1v) is 9.82. The summed E-state index contributed by atoms with van der Waals surface area (Å²) in [5.74, 6) is -0.882. The molecule has 1 aliphatic heterocycles. The number of allylic oxidation sites excluding steroid dienone is 1. The number of morpholine rings is 1. The van der Waals surface area contributed by atoms with Crippen LogP contribution in [0.1, 0.15) is 67.3 Å². The molecule has 1 saturated heterocycles. The predicted molar refractivity (Wildman–Crippen MR) is 111 cm³/mol. The third-order valence-corrected chi connectivity index (χ3v) is 5.24. The van der Waals surface area contributed by atoms with E-state index in [1.165, 1.54) is 0 Å². The van der Waals surface area contributed by atoms with E-state index >= 15 is 0 Å². The van der Waals surface area contributed by atoms with Crippen LogP contribution < -0.4 is 0 Å². The molecule has 0 amide bonds. The Morgan fingerprint density at radius 2 is 1.93 bits per heavy atom. The van der Waals surface area contributed by atoms with Gasteiger partial charge in [0, 0.05) is 36.5 Å². The highest BCUT2D eigenvalue weighted by molar-refractivity contribution is 5.91. The molecule has 0 radical (unpaired) electrons. The molecule has 1 aliphatic rings. The third kappa shape index (κ3) is 4.25. The van der Waals surface area contributed by atoms with Crippen LogP contribution in [0.5, 0.6) is 0 Å². The number of fused-ring (bicyclic) bond motifs is 1. The molecule has 3 rings (SSSR count). The monoisotopic (exact) mass is 372 g/mol. The minimum Gasteiger partial charge on any atom is -0.478 e. The quantitative estimate of drug-likeness (QED) is 0.820. The fourth-order valence-electron chi connectivity index (χ4n) is 3.65. The van der Waals surface area contributed by atoms with E-state index in [4.69, 9.17) is 4.74 Å². The number of aromatic nitrogens is 1. The summed E-state index contributed by atoms with van der Waals surface area (Å²) >= 11 is 0. The lowest BCUT2D eigenvalue weighted by atomic mass is 10.0. The summed E-state index contributed by atoms with van der Waals surface area (Å²) in [7, 11) is 0. The molecule has 0 spiro atoms. The van der Waals surface area contributed by atoms with Crippen molar-refractivity contribution in [3.05, 3.63) is 47.3 Å². The average Bonchev–Trinajstić information content (AvgIpc) is 3.12. The second-order valence-corrected chi connectivity index (χ2v) is 6.68. The van der Waals surface area contributed by atoms with E-state index in [1.807, 2.05) is 26.8 Å². The number of hydrogen-bond acceptors (Lipinski definition) is 3. The molecule has 1 unspecified atom stereocenters. The Balaban J connectivity index is 0.00000126. The van der Waals surface area contributed by atoms with Gasteiger partial charge in [-0.05, 0) is 49.1 Å². The first-order valence-electron chi connectivity index (χ1n) is 9.82. The Morgan fingerprint density at radius 3 is 2.48 bits per heavy atom.